The third-order valence-corrected chi connectivity index (χ3v) is 9.90. The van der Waals surface area contributed by atoms with E-state index in [-0.39, 0.29) is 6.10 Å². The van der Waals surface area contributed by atoms with Crippen molar-refractivity contribution in [3.05, 3.63) is 65.2 Å². The summed E-state index contributed by atoms with van der Waals surface area (Å²) in [6.45, 7) is 3.46. The standard InChI is InChI=1S/C29H30ClN7OS/c30-26-23(5-11-32-28(26)37-12-6-20(38)7-13-37)39-25-4-3-21-27(35-25)33-18-24(34-21)36-14-8-29(9-15-36)16-19-2-1-10-31-22(19)17-29/h1-5,10-11,18,20,38H,6-9,12-17H2. The molecule has 0 aromatic carbocycles. The van der Waals surface area contributed by atoms with Gasteiger partial charge >= 0.3 is 0 Å². The van der Waals surface area contributed by atoms with Crippen LogP contribution < -0.4 is 9.80 Å². The van der Waals surface area contributed by atoms with Crippen molar-refractivity contribution < 1.29 is 5.11 Å². The maximum Gasteiger partial charge on any atom is 0.179 e. The second-order valence-corrected chi connectivity index (χ2v) is 12.4. The molecule has 200 valence electrons. The fourth-order valence-corrected chi connectivity index (χ4v) is 7.32. The van der Waals surface area contributed by atoms with Crippen LogP contribution >= 0.6 is 23.4 Å². The Morgan fingerprint density at radius 3 is 2.56 bits per heavy atom. The molecule has 10 heteroatoms. The molecule has 0 bridgehead atoms. The fourth-order valence-electron chi connectivity index (χ4n) is 6.17. The zero-order valence-corrected chi connectivity index (χ0v) is 23.2. The summed E-state index contributed by atoms with van der Waals surface area (Å²) in [6, 6.07) is 10.2. The van der Waals surface area contributed by atoms with E-state index < -0.39 is 0 Å². The zero-order chi connectivity index (χ0) is 26.4. The van der Waals surface area contributed by atoms with Crippen molar-refractivity contribution in [2.24, 2.45) is 5.41 Å². The normalized spacial score (nSPS) is 19.1. The molecule has 39 heavy (non-hydrogen) atoms. The molecule has 2 aliphatic heterocycles. The molecule has 4 aromatic heterocycles. The summed E-state index contributed by atoms with van der Waals surface area (Å²) in [5.41, 5.74) is 4.47. The van der Waals surface area contributed by atoms with Crippen LogP contribution in [0.3, 0.4) is 0 Å². The number of aliphatic hydroxyl groups is 1. The smallest absolute Gasteiger partial charge is 0.179 e. The molecule has 1 aliphatic carbocycles. The number of aromatic nitrogens is 5. The van der Waals surface area contributed by atoms with Gasteiger partial charge in [0.15, 0.2) is 5.65 Å². The van der Waals surface area contributed by atoms with E-state index in [1.165, 1.54) is 23.0 Å². The van der Waals surface area contributed by atoms with Gasteiger partial charge in [0.1, 0.15) is 22.2 Å². The van der Waals surface area contributed by atoms with Gasteiger partial charge in [-0.3, -0.25) is 4.98 Å². The molecule has 0 atom stereocenters. The maximum atomic E-state index is 9.84. The SMILES string of the molecule is OC1CCN(c2nccc(Sc3ccc4nc(N5CCC6(CC5)Cc5cccnc5C6)cnc4n3)c2Cl)CC1. The molecular formula is C29H30ClN7OS. The fraction of sp³-hybridized carbons (Fsp3) is 0.414. The molecule has 8 nitrogen and oxygen atoms in total. The van der Waals surface area contributed by atoms with E-state index in [1.54, 1.807) is 6.20 Å². The number of aliphatic hydroxyl groups excluding tert-OH is 1. The zero-order valence-electron chi connectivity index (χ0n) is 21.6. The molecule has 0 unspecified atom stereocenters. The minimum Gasteiger partial charge on any atom is -0.393 e. The van der Waals surface area contributed by atoms with Gasteiger partial charge in [-0.05, 0) is 73.8 Å². The highest BCUT2D eigenvalue weighted by Crippen LogP contribution is 2.44. The first kappa shape index (κ1) is 25.0. The molecule has 6 heterocycles. The molecule has 2 fully saturated rings. The summed E-state index contributed by atoms with van der Waals surface area (Å²) >= 11 is 8.28. The van der Waals surface area contributed by atoms with Crippen LogP contribution in [-0.2, 0) is 12.8 Å². The van der Waals surface area contributed by atoms with Crippen molar-refractivity contribution >= 4 is 46.2 Å². The van der Waals surface area contributed by atoms with Crippen LogP contribution in [0.2, 0.25) is 5.02 Å². The van der Waals surface area contributed by atoms with Gasteiger partial charge in [0.25, 0.3) is 0 Å². The Morgan fingerprint density at radius 2 is 1.74 bits per heavy atom. The Balaban J connectivity index is 1.04. The monoisotopic (exact) mass is 559 g/mol. The van der Waals surface area contributed by atoms with E-state index in [1.807, 2.05) is 30.6 Å². The first-order valence-electron chi connectivity index (χ1n) is 13.6. The van der Waals surface area contributed by atoms with Gasteiger partial charge in [-0.2, -0.15) is 0 Å². The third-order valence-electron chi connectivity index (χ3n) is 8.42. The molecule has 1 N–H and O–H groups in total. The Bertz CT molecular complexity index is 1490. The van der Waals surface area contributed by atoms with Gasteiger partial charge in [0.05, 0.1) is 17.3 Å². The van der Waals surface area contributed by atoms with E-state index in [0.29, 0.717) is 16.1 Å². The second-order valence-electron chi connectivity index (χ2n) is 10.9. The summed E-state index contributed by atoms with van der Waals surface area (Å²) in [5.74, 6) is 1.68. The molecule has 1 spiro atoms. The lowest BCUT2D eigenvalue weighted by Gasteiger charge is -2.39. The number of halogens is 1. The van der Waals surface area contributed by atoms with E-state index in [0.717, 1.165) is 91.8 Å². The first-order valence-corrected chi connectivity index (χ1v) is 14.8. The lowest BCUT2D eigenvalue weighted by atomic mass is 9.76. The molecule has 4 aromatic rings. The number of pyridine rings is 3. The van der Waals surface area contributed by atoms with Crippen molar-refractivity contribution in [2.45, 2.75) is 54.6 Å². The summed E-state index contributed by atoms with van der Waals surface area (Å²) in [5, 5.41) is 11.3. The third kappa shape index (κ3) is 4.92. The Kier molecular flexibility index (Phi) is 6.53. The predicted octanol–water partition coefficient (Wildman–Crippen LogP) is 4.97. The lowest BCUT2D eigenvalue weighted by molar-refractivity contribution is 0.145. The predicted molar refractivity (Wildman–Crippen MR) is 154 cm³/mol. The van der Waals surface area contributed by atoms with Crippen molar-refractivity contribution in [1.82, 2.24) is 24.9 Å². The van der Waals surface area contributed by atoms with Crippen molar-refractivity contribution in [2.75, 3.05) is 36.0 Å². The average Bonchev–Trinajstić information content (AvgIpc) is 3.32. The molecule has 2 saturated heterocycles. The van der Waals surface area contributed by atoms with E-state index in [2.05, 4.69) is 36.9 Å². The van der Waals surface area contributed by atoms with Crippen LogP contribution in [0.5, 0.6) is 0 Å². The average molecular weight is 560 g/mol. The van der Waals surface area contributed by atoms with Crippen LogP contribution in [0, 0.1) is 5.41 Å². The molecule has 7 rings (SSSR count). The summed E-state index contributed by atoms with van der Waals surface area (Å²) in [4.78, 5) is 28.9. The van der Waals surface area contributed by atoms with E-state index >= 15 is 0 Å². The minimum absolute atomic E-state index is 0.240. The van der Waals surface area contributed by atoms with Crippen LogP contribution in [0.1, 0.15) is 36.9 Å². The highest BCUT2D eigenvalue weighted by Gasteiger charge is 2.40. The molecule has 0 radical (unpaired) electrons. The van der Waals surface area contributed by atoms with Gasteiger partial charge in [-0.15, -0.1) is 0 Å². The number of nitrogens with zero attached hydrogens (tertiary/aromatic N) is 7. The van der Waals surface area contributed by atoms with Crippen molar-refractivity contribution in [3.8, 4) is 0 Å². The highest BCUT2D eigenvalue weighted by atomic mass is 35.5. The first-order chi connectivity index (χ1) is 19.1. The largest absolute Gasteiger partial charge is 0.393 e. The summed E-state index contributed by atoms with van der Waals surface area (Å²) < 4.78 is 0. The van der Waals surface area contributed by atoms with Crippen LogP contribution in [0.4, 0.5) is 11.6 Å². The summed E-state index contributed by atoms with van der Waals surface area (Å²) in [6.07, 6.45) is 11.3. The number of fused-ring (bicyclic) bond motifs is 2. The topological polar surface area (TPSA) is 91.2 Å². The van der Waals surface area contributed by atoms with Gasteiger partial charge in [0, 0.05) is 49.2 Å². The quantitative estimate of drug-likeness (QED) is 0.372. The number of piperidine rings is 2. The lowest BCUT2D eigenvalue weighted by Crippen LogP contribution is -2.41. The van der Waals surface area contributed by atoms with E-state index in [9.17, 15) is 5.11 Å². The number of anilines is 2. The van der Waals surface area contributed by atoms with E-state index in [4.69, 9.17) is 21.6 Å². The highest BCUT2D eigenvalue weighted by molar-refractivity contribution is 7.99. The second kappa shape index (κ2) is 10.2. The van der Waals surface area contributed by atoms with Gasteiger partial charge < -0.3 is 14.9 Å². The number of rotatable bonds is 4. The Hall–Kier alpha value is -3.01. The van der Waals surface area contributed by atoms with Gasteiger partial charge in [0.2, 0.25) is 0 Å². The van der Waals surface area contributed by atoms with Crippen LogP contribution in [0.15, 0.2) is 58.8 Å². The van der Waals surface area contributed by atoms with Crippen LogP contribution in [-0.4, -0.2) is 62.3 Å². The Labute approximate surface area is 236 Å². The number of hydrogen-bond acceptors (Lipinski definition) is 9. The molecular weight excluding hydrogens is 530 g/mol. The van der Waals surface area contributed by atoms with Crippen molar-refractivity contribution in [3.63, 3.8) is 0 Å². The van der Waals surface area contributed by atoms with Crippen LogP contribution in [0.25, 0.3) is 11.2 Å². The maximum absolute atomic E-state index is 9.84. The molecule has 0 amide bonds. The van der Waals surface area contributed by atoms with Crippen molar-refractivity contribution in [1.29, 1.82) is 0 Å². The van der Waals surface area contributed by atoms with Gasteiger partial charge in [-0.1, -0.05) is 29.4 Å². The van der Waals surface area contributed by atoms with Gasteiger partial charge in [-0.25, -0.2) is 19.9 Å². The molecule has 3 aliphatic rings. The molecule has 0 saturated carbocycles. The Morgan fingerprint density at radius 1 is 0.897 bits per heavy atom. The summed E-state index contributed by atoms with van der Waals surface area (Å²) in [7, 11) is 0. The minimum atomic E-state index is -0.240. The number of hydrogen-bond donors (Lipinski definition) is 1.